The molecule has 0 amide bonds. The number of nitrogens with one attached hydrogen (secondary N) is 1. The Hall–Kier alpha value is -0.590. The molecule has 0 radical (unpaired) electrons. The Morgan fingerprint density at radius 3 is 2.81 bits per heavy atom. The van der Waals surface area contributed by atoms with Crippen LogP contribution in [-0.2, 0) is 4.74 Å². The predicted molar refractivity (Wildman–Crippen MR) is 78.7 cm³/mol. The fourth-order valence-electron chi connectivity index (χ4n) is 2.92. The van der Waals surface area contributed by atoms with Crippen molar-refractivity contribution in [1.82, 2.24) is 5.32 Å². The highest BCUT2D eigenvalue weighted by atomic mass is 32.1. The second-order valence-electron chi connectivity index (χ2n) is 5.77. The van der Waals surface area contributed by atoms with Gasteiger partial charge in [0, 0.05) is 17.0 Å². The highest BCUT2D eigenvalue weighted by Gasteiger charge is 2.31. The number of ether oxygens (including phenoxy) is 1. The van der Waals surface area contributed by atoms with Gasteiger partial charge in [-0.25, -0.2) is 0 Å². The van der Waals surface area contributed by atoms with Gasteiger partial charge in [-0.3, -0.25) is 0 Å². The van der Waals surface area contributed by atoms with E-state index in [1.54, 1.807) is 11.3 Å². The Morgan fingerprint density at radius 2 is 2.19 bits per heavy atom. The fraction of sp³-hybridized carbons (Fsp3) is 0.733. The molecule has 6 heteroatoms. The van der Waals surface area contributed by atoms with Crippen LogP contribution in [0, 0.1) is 6.92 Å². The molecule has 1 heterocycles. The van der Waals surface area contributed by atoms with Crippen molar-refractivity contribution < 1.29 is 17.9 Å². The minimum Gasteiger partial charge on any atom is -0.369 e. The number of halogens is 3. The highest BCUT2D eigenvalue weighted by Crippen LogP contribution is 2.28. The van der Waals surface area contributed by atoms with Crippen LogP contribution in [0.3, 0.4) is 0 Å². The van der Waals surface area contributed by atoms with Gasteiger partial charge in [-0.15, -0.1) is 11.3 Å². The number of thiophene rings is 1. The molecule has 120 valence electrons. The minimum absolute atomic E-state index is 0.230. The summed E-state index contributed by atoms with van der Waals surface area (Å²) >= 11 is 1.72. The Bertz CT molecular complexity index is 446. The van der Waals surface area contributed by atoms with Gasteiger partial charge in [-0.05, 0) is 56.5 Å². The van der Waals surface area contributed by atoms with Gasteiger partial charge in [-0.2, -0.15) is 13.2 Å². The predicted octanol–water partition coefficient (Wildman–Crippen LogP) is 4.60. The molecule has 0 aliphatic heterocycles. The van der Waals surface area contributed by atoms with E-state index in [-0.39, 0.29) is 18.2 Å². The zero-order chi connectivity index (χ0) is 15.5. The van der Waals surface area contributed by atoms with Gasteiger partial charge < -0.3 is 10.1 Å². The summed E-state index contributed by atoms with van der Waals surface area (Å²) in [7, 11) is 0. The van der Waals surface area contributed by atoms with Crippen LogP contribution in [0.2, 0.25) is 0 Å². The molecule has 0 aromatic carbocycles. The third kappa shape index (κ3) is 5.27. The summed E-state index contributed by atoms with van der Waals surface area (Å²) in [6.07, 6.45) is -1.22. The first-order valence-corrected chi connectivity index (χ1v) is 8.21. The maximum atomic E-state index is 12.2. The molecule has 2 rings (SSSR count). The molecule has 1 aromatic heterocycles. The molecule has 3 unspecified atom stereocenters. The Morgan fingerprint density at radius 1 is 1.43 bits per heavy atom. The first-order valence-electron chi connectivity index (χ1n) is 7.33. The van der Waals surface area contributed by atoms with Crippen LogP contribution >= 0.6 is 11.3 Å². The van der Waals surface area contributed by atoms with E-state index in [2.05, 4.69) is 30.6 Å². The summed E-state index contributed by atoms with van der Waals surface area (Å²) in [4.78, 5) is 1.30. The highest BCUT2D eigenvalue weighted by molar-refractivity contribution is 7.10. The van der Waals surface area contributed by atoms with Crippen molar-refractivity contribution in [2.45, 2.75) is 63.9 Å². The lowest BCUT2D eigenvalue weighted by molar-refractivity contribution is -0.188. The van der Waals surface area contributed by atoms with Crippen molar-refractivity contribution in [2.24, 2.45) is 0 Å². The lowest BCUT2D eigenvalue weighted by Crippen LogP contribution is -2.39. The van der Waals surface area contributed by atoms with Gasteiger partial charge in [0.15, 0.2) is 0 Å². The summed E-state index contributed by atoms with van der Waals surface area (Å²) < 4.78 is 41.6. The normalized spacial score (nSPS) is 25.0. The molecular weight excluding hydrogens is 299 g/mol. The van der Waals surface area contributed by atoms with Crippen LogP contribution in [0.25, 0.3) is 0 Å². The van der Waals surface area contributed by atoms with E-state index in [0.717, 1.165) is 19.3 Å². The van der Waals surface area contributed by atoms with E-state index >= 15 is 0 Å². The molecule has 1 aliphatic rings. The van der Waals surface area contributed by atoms with Gasteiger partial charge in [0.1, 0.15) is 6.61 Å². The Labute approximate surface area is 127 Å². The lowest BCUT2D eigenvalue weighted by Gasteiger charge is -2.32. The molecule has 2 nitrogen and oxygen atoms in total. The first kappa shape index (κ1) is 16.8. The number of alkyl halides is 3. The first-order chi connectivity index (χ1) is 9.85. The van der Waals surface area contributed by atoms with Crippen LogP contribution in [-0.4, -0.2) is 24.9 Å². The zero-order valence-corrected chi connectivity index (χ0v) is 13.2. The molecule has 1 saturated carbocycles. The third-order valence-electron chi connectivity index (χ3n) is 3.89. The van der Waals surface area contributed by atoms with E-state index in [1.807, 2.05) is 0 Å². The molecule has 0 saturated heterocycles. The quantitative estimate of drug-likeness (QED) is 0.856. The van der Waals surface area contributed by atoms with Crippen molar-refractivity contribution in [2.75, 3.05) is 6.61 Å². The summed E-state index contributed by atoms with van der Waals surface area (Å²) in [5.74, 6) is 0. The van der Waals surface area contributed by atoms with Gasteiger partial charge in [0.2, 0.25) is 0 Å². The van der Waals surface area contributed by atoms with Crippen molar-refractivity contribution >= 4 is 11.3 Å². The second-order valence-corrected chi connectivity index (χ2v) is 6.72. The fourth-order valence-corrected chi connectivity index (χ4v) is 3.86. The average molecular weight is 321 g/mol. The van der Waals surface area contributed by atoms with E-state index in [0.29, 0.717) is 6.42 Å². The lowest BCUT2D eigenvalue weighted by atomic mass is 9.92. The van der Waals surface area contributed by atoms with Crippen LogP contribution in [0.5, 0.6) is 0 Å². The number of rotatable bonds is 5. The average Bonchev–Trinajstić information content (AvgIpc) is 2.82. The largest absolute Gasteiger partial charge is 0.411 e. The monoisotopic (exact) mass is 321 g/mol. The summed E-state index contributed by atoms with van der Waals surface area (Å²) in [6, 6.07) is 2.55. The topological polar surface area (TPSA) is 21.3 Å². The van der Waals surface area contributed by atoms with Gasteiger partial charge in [-0.1, -0.05) is 0 Å². The molecule has 0 bridgehead atoms. The Balaban J connectivity index is 1.82. The molecule has 21 heavy (non-hydrogen) atoms. The zero-order valence-electron chi connectivity index (χ0n) is 12.4. The van der Waals surface area contributed by atoms with Crippen molar-refractivity contribution in [3.05, 3.63) is 21.9 Å². The number of hydrogen-bond acceptors (Lipinski definition) is 3. The number of hydrogen-bond donors (Lipinski definition) is 1. The number of aryl methyl sites for hydroxylation is 1. The molecule has 1 N–H and O–H groups in total. The molecular formula is C15H22F3NOS. The summed E-state index contributed by atoms with van der Waals surface area (Å²) in [6.45, 7) is 3.06. The van der Waals surface area contributed by atoms with Gasteiger partial charge in [0.05, 0.1) is 6.10 Å². The van der Waals surface area contributed by atoms with E-state index < -0.39 is 12.8 Å². The Kier molecular flexibility index (Phi) is 5.68. The minimum atomic E-state index is -4.23. The molecule has 1 fully saturated rings. The SMILES string of the molecule is Cc1ccsc1C(C)NC1CCCC(OCC(F)(F)F)C1. The van der Waals surface area contributed by atoms with Crippen molar-refractivity contribution in [3.8, 4) is 0 Å². The maximum Gasteiger partial charge on any atom is 0.411 e. The van der Waals surface area contributed by atoms with Crippen LogP contribution in [0.15, 0.2) is 11.4 Å². The maximum absolute atomic E-state index is 12.2. The summed E-state index contributed by atoms with van der Waals surface area (Å²) in [5, 5.41) is 5.61. The van der Waals surface area contributed by atoms with Crippen LogP contribution in [0.4, 0.5) is 13.2 Å². The molecule has 0 spiro atoms. The van der Waals surface area contributed by atoms with Gasteiger partial charge in [0.25, 0.3) is 0 Å². The van der Waals surface area contributed by atoms with E-state index in [1.165, 1.54) is 10.4 Å². The van der Waals surface area contributed by atoms with Crippen molar-refractivity contribution in [1.29, 1.82) is 0 Å². The smallest absolute Gasteiger partial charge is 0.369 e. The van der Waals surface area contributed by atoms with E-state index in [4.69, 9.17) is 4.74 Å². The second kappa shape index (κ2) is 7.11. The van der Waals surface area contributed by atoms with Crippen LogP contribution in [0.1, 0.15) is 49.1 Å². The van der Waals surface area contributed by atoms with E-state index in [9.17, 15) is 13.2 Å². The molecule has 3 atom stereocenters. The third-order valence-corrected chi connectivity index (χ3v) is 5.09. The molecule has 1 aromatic rings. The standard InChI is InChI=1S/C15H22F3NOS/c1-10-6-7-21-14(10)11(2)19-12-4-3-5-13(8-12)20-9-15(16,17)18/h6-7,11-13,19H,3-5,8-9H2,1-2H3. The van der Waals surface area contributed by atoms with Crippen molar-refractivity contribution in [3.63, 3.8) is 0 Å². The van der Waals surface area contributed by atoms with Crippen LogP contribution < -0.4 is 5.32 Å². The summed E-state index contributed by atoms with van der Waals surface area (Å²) in [5.41, 5.74) is 1.26. The van der Waals surface area contributed by atoms with Gasteiger partial charge >= 0.3 is 6.18 Å². The molecule has 1 aliphatic carbocycles.